The standard InChI is InChI=1S/C12H7Cl2FN2O2S/c13-7-2-1-3-9(15)6(7)5-20-12-16-4-8(14)10(17-12)11(18)19/h1-4H,5H2,(H,18,19). The Kier molecular flexibility index (Phi) is 4.80. The number of hydrogen-bond donors (Lipinski definition) is 1. The quantitative estimate of drug-likeness (QED) is 0.679. The number of rotatable bonds is 4. The highest BCUT2D eigenvalue weighted by Gasteiger charge is 2.14. The maximum Gasteiger partial charge on any atom is 0.356 e. The molecule has 0 bridgehead atoms. The number of nitrogens with zero attached hydrogens (tertiary/aromatic N) is 2. The van der Waals surface area contributed by atoms with E-state index in [4.69, 9.17) is 28.3 Å². The van der Waals surface area contributed by atoms with Crippen LogP contribution in [-0.4, -0.2) is 21.0 Å². The molecular weight excluding hydrogens is 326 g/mol. The number of benzene rings is 1. The van der Waals surface area contributed by atoms with E-state index in [-0.39, 0.29) is 21.6 Å². The van der Waals surface area contributed by atoms with E-state index < -0.39 is 11.8 Å². The largest absolute Gasteiger partial charge is 0.476 e. The maximum atomic E-state index is 13.6. The third kappa shape index (κ3) is 3.39. The monoisotopic (exact) mass is 332 g/mol. The smallest absolute Gasteiger partial charge is 0.356 e. The highest BCUT2D eigenvalue weighted by atomic mass is 35.5. The van der Waals surface area contributed by atoms with Gasteiger partial charge in [0.2, 0.25) is 0 Å². The number of thioether (sulfide) groups is 1. The average molecular weight is 333 g/mol. The van der Waals surface area contributed by atoms with Gasteiger partial charge in [-0.2, -0.15) is 0 Å². The molecule has 1 aromatic heterocycles. The minimum atomic E-state index is -1.25. The maximum absolute atomic E-state index is 13.6. The van der Waals surface area contributed by atoms with Crippen LogP contribution in [0.15, 0.2) is 29.6 Å². The Labute approximate surface area is 128 Å². The minimum Gasteiger partial charge on any atom is -0.476 e. The van der Waals surface area contributed by atoms with Gasteiger partial charge >= 0.3 is 5.97 Å². The number of carboxylic acid groups (broad SMARTS) is 1. The minimum absolute atomic E-state index is 0.0502. The van der Waals surface area contributed by atoms with Crippen molar-refractivity contribution in [1.29, 1.82) is 0 Å². The first-order valence-corrected chi connectivity index (χ1v) is 7.04. The van der Waals surface area contributed by atoms with Crippen LogP contribution in [0.3, 0.4) is 0 Å². The summed E-state index contributed by atoms with van der Waals surface area (Å²) in [7, 11) is 0. The Morgan fingerprint density at radius 3 is 2.75 bits per heavy atom. The Morgan fingerprint density at radius 1 is 1.35 bits per heavy atom. The topological polar surface area (TPSA) is 63.1 Å². The lowest BCUT2D eigenvalue weighted by molar-refractivity contribution is 0.0689. The van der Waals surface area contributed by atoms with Gasteiger partial charge in [0.05, 0.1) is 11.2 Å². The lowest BCUT2D eigenvalue weighted by Crippen LogP contribution is -2.03. The summed E-state index contributed by atoms with van der Waals surface area (Å²) in [6.07, 6.45) is 1.20. The summed E-state index contributed by atoms with van der Waals surface area (Å²) >= 11 is 12.6. The molecule has 0 spiro atoms. The Morgan fingerprint density at radius 2 is 2.10 bits per heavy atom. The van der Waals surface area contributed by atoms with Crippen LogP contribution in [0, 0.1) is 5.82 Å². The Balaban J connectivity index is 2.19. The summed E-state index contributed by atoms with van der Waals surface area (Å²) in [5, 5.41) is 9.33. The van der Waals surface area contributed by atoms with Crippen molar-refractivity contribution in [3.63, 3.8) is 0 Å². The second kappa shape index (κ2) is 6.39. The number of carboxylic acids is 1. The summed E-state index contributed by atoms with van der Waals surface area (Å²) in [5.74, 6) is -1.49. The van der Waals surface area contributed by atoms with Gasteiger partial charge < -0.3 is 5.11 Å². The normalized spacial score (nSPS) is 10.6. The van der Waals surface area contributed by atoms with Crippen LogP contribution in [-0.2, 0) is 5.75 Å². The van der Waals surface area contributed by atoms with Gasteiger partial charge in [0.15, 0.2) is 10.9 Å². The fourth-order valence-corrected chi connectivity index (χ4v) is 2.71. The molecule has 0 unspecified atom stereocenters. The van der Waals surface area contributed by atoms with Crippen LogP contribution in [0.25, 0.3) is 0 Å². The molecule has 1 aromatic carbocycles. The molecule has 0 amide bonds. The van der Waals surface area contributed by atoms with Crippen LogP contribution in [0.4, 0.5) is 4.39 Å². The van der Waals surface area contributed by atoms with E-state index in [9.17, 15) is 9.18 Å². The van der Waals surface area contributed by atoms with Crippen LogP contribution < -0.4 is 0 Å². The van der Waals surface area contributed by atoms with E-state index in [0.29, 0.717) is 10.6 Å². The van der Waals surface area contributed by atoms with Gasteiger partial charge in [-0.3, -0.25) is 0 Å². The van der Waals surface area contributed by atoms with Gasteiger partial charge in [0.25, 0.3) is 0 Å². The van der Waals surface area contributed by atoms with E-state index in [2.05, 4.69) is 9.97 Å². The van der Waals surface area contributed by atoms with Crippen LogP contribution in [0.2, 0.25) is 10.0 Å². The molecule has 1 heterocycles. The Hall–Kier alpha value is -1.37. The van der Waals surface area contributed by atoms with Crippen molar-refractivity contribution in [3.05, 3.63) is 51.5 Å². The van der Waals surface area contributed by atoms with E-state index in [1.165, 1.54) is 18.3 Å². The van der Waals surface area contributed by atoms with Crippen molar-refractivity contribution in [3.8, 4) is 0 Å². The van der Waals surface area contributed by atoms with Crippen molar-refractivity contribution in [2.75, 3.05) is 0 Å². The molecule has 2 rings (SSSR count). The molecule has 0 aliphatic rings. The van der Waals surface area contributed by atoms with Gasteiger partial charge in [-0.25, -0.2) is 19.2 Å². The summed E-state index contributed by atoms with van der Waals surface area (Å²) in [4.78, 5) is 18.6. The van der Waals surface area contributed by atoms with E-state index in [1.807, 2.05) is 0 Å². The zero-order valence-electron chi connectivity index (χ0n) is 9.81. The second-order valence-corrected chi connectivity index (χ2v) is 5.40. The number of carbonyl (C=O) groups is 1. The number of halogens is 3. The molecule has 4 nitrogen and oxygen atoms in total. The predicted molar refractivity (Wildman–Crippen MR) is 75.0 cm³/mol. The van der Waals surface area contributed by atoms with Crippen LogP contribution >= 0.6 is 35.0 Å². The lowest BCUT2D eigenvalue weighted by atomic mass is 10.2. The van der Waals surface area contributed by atoms with Crippen LogP contribution in [0.1, 0.15) is 16.1 Å². The number of hydrogen-bond acceptors (Lipinski definition) is 4. The predicted octanol–water partition coefficient (Wildman–Crippen LogP) is 3.91. The molecule has 104 valence electrons. The first kappa shape index (κ1) is 15.0. The van der Waals surface area contributed by atoms with Crippen LogP contribution in [0.5, 0.6) is 0 Å². The van der Waals surface area contributed by atoms with Crippen molar-refractivity contribution in [2.45, 2.75) is 10.9 Å². The molecule has 8 heteroatoms. The number of aromatic nitrogens is 2. The molecule has 0 fully saturated rings. The molecule has 0 radical (unpaired) electrons. The third-order valence-electron chi connectivity index (χ3n) is 2.33. The van der Waals surface area contributed by atoms with Gasteiger partial charge in [-0.1, -0.05) is 41.0 Å². The fourth-order valence-electron chi connectivity index (χ4n) is 1.38. The SMILES string of the molecule is O=C(O)c1nc(SCc2c(F)cccc2Cl)ncc1Cl. The third-order valence-corrected chi connectivity index (χ3v) is 3.85. The van der Waals surface area contributed by atoms with E-state index in [0.717, 1.165) is 11.8 Å². The summed E-state index contributed by atoms with van der Waals surface area (Å²) in [5.41, 5.74) is 0.0263. The second-order valence-electron chi connectivity index (χ2n) is 3.64. The molecular formula is C12H7Cl2FN2O2S. The van der Waals surface area contributed by atoms with Crippen molar-refractivity contribution >= 4 is 40.9 Å². The molecule has 2 aromatic rings. The zero-order valence-corrected chi connectivity index (χ0v) is 12.1. The fraction of sp³-hybridized carbons (Fsp3) is 0.0833. The van der Waals surface area contributed by atoms with Gasteiger partial charge in [-0.15, -0.1) is 0 Å². The zero-order chi connectivity index (χ0) is 14.7. The average Bonchev–Trinajstić information content (AvgIpc) is 2.39. The molecule has 0 aliphatic carbocycles. The summed E-state index contributed by atoms with van der Waals surface area (Å²) in [6, 6.07) is 4.38. The van der Waals surface area contributed by atoms with E-state index in [1.54, 1.807) is 6.07 Å². The molecule has 0 aliphatic heterocycles. The molecule has 0 saturated carbocycles. The first-order valence-electron chi connectivity index (χ1n) is 5.30. The lowest BCUT2D eigenvalue weighted by Gasteiger charge is -2.05. The molecule has 20 heavy (non-hydrogen) atoms. The first-order chi connectivity index (χ1) is 9.49. The van der Waals surface area contributed by atoms with Gasteiger partial charge in [0.1, 0.15) is 5.82 Å². The van der Waals surface area contributed by atoms with Crippen molar-refractivity contribution in [1.82, 2.24) is 9.97 Å². The van der Waals surface area contributed by atoms with E-state index >= 15 is 0 Å². The van der Waals surface area contributed by atoms with Crippen molar-refractivity contribution in [2.24, 2.45) is 0 Å². The molecule has 0 saturated heterocycles. The number of aromatic carboxylic acids is 1. The summed E-state index contributed by atoms with van der Waals surface area (Å²) < 4.78 is 13.6. The Bertz CT molecular complexity index is 650. The van der Waals surface area contributed by atoms with Gasteiger partial charge in [-0.05, 0) is 12.1 Å². The van der Waals surface area contributed by atoms with Gasteiger partial charge in [0, 0.05) is 16.3 Å². The van der Waals surface area contributed by atoms with Crippen molar-refractivity contribution < 1.29 is 14.3 Å². The highest BCUT2D eigenvalue weighted by molar-refractivity contribution is 7.98. The highest BCUT2D eigenvalue weighted by Crippen LogP contribution is 2.27. The summed E-state index contributed by atoms with van der Waals surface area (Å²) in [6.45, 7) is 0. The molecule has 0 atom stereocenters. The molecule has 1 N–H and O–H groups in total.